The number of aryl methyl sites for hydroxylation is 1. The molecule has 1 amide bonds. The van der Waals surface area contributed by atoms with Crippen molar-refractivity contribution in [2.24, 2.45) is 0 Å². The molecule has 9 heteroatoms. The fraction of sp³-hybridized carbons (Fsp3) is 0.136. The van der Waals surface area contributed by atoms with Crippen LogP contribution in [0.4, 0.5) is 5.82 Å². The minimum atomic E-state index is -0.189. The van der Waals surface area contributed by atoms with Gasteiger partial charge in [-0.05, 0) is 36.8 Å². The predicted molar refractivity (Wildman–Crippen MR) is 115 cm³/mol. The summed E-state index contributed by atoms with van der Waals surface area (Å²) in [7, 11) is 0. The van der Waals surface area contributed by atoms with Crippen LogP contribution >= 0.6 is 11.6 Å². The summed E-state index contributed by atoms with van der Waals surface area (Å²) < 4.78 is 1.52. The van der Waals surface area contributed by atoms with Gasteiger partial charge in [-0.3, -0.25) is 4.79 Å². The highest BCUT2D eigenvalue weighted by Crippen LogP contribution is 2.40. The summed E-state index contributed by atoms with van der Waals surface area (Å²) >= 11 is 5.98. The molecule has 0 saturated carbocycles. The van der Waals surface area contributed by atoms with Gasteiger partial charge in [0, 0.05) is 28.5 Å². The highest BCUT2D eigenvalue weighted by atomic mass is 35.5. The Hall–Kier alpha value is -3.78. The van der Waals surface area contributed by atoms with Crippen molar-refractivity contribution >= 4 is 23.3 Å². The first kappa shape index (κ1) is 19.2. The molecule has 1 aliphatic rings. The lowest BCUT2D eigenvalue weighted by Crippen LogP contribution is -2.25. The molecule has 2 aromatic heterocycles. The maximum absolute atomic E-state index is 12.5. The molecule has 1 atom stereocenters. The Morgan fingerprint density at radius 1 is 1.13 bits per heavy atom. The van der Waals surface area contributed by atoms with Crippen LogP contribution in [0.2, 0.25) is 5.02 Å². The summed E-state index contributed by atoms with van der Waals surface area (Å²) in [6, 6.07) is 14.1. The largest absolute Gasteiger partial charge is 0.508 e. The van der Waals surface area contributed by atoms with Gasteiger partial charge in [0.1, 0.15) is 11.6 Å². The fourth-order valence-electron chi connectivity index (χ4n) is 3.83. The van der Waals surface area contributed by atoms with Gasteiger partial charge in [-0.15, -0.1) is 5.10 Å². The second-order valence-corrected chi connectivity index (χ2v) is 7.74. The first-order chi connectivity index (χ1) is 15.0. The number of benzene rings is 2. The van der Waals surface area contributed by atoms with E-state index in [1.807, 2.05) is 31.2 Å². The van der Waals surface area contributed by atoms with E-state index in [1.165, 1.54) is 4.68 Å². The summed E-state index contributed by atoms with van der Waals surface area (Å²) in [6.45, 7) is 1.89. The lowest BCUT2D eigenvalue weighted by atomic mass is 9.86. The monoisotopic (exact) mass is 432 g/mol. The number of carbonyl (C=O) groups excluding carboxylic acids is 1. The number of phenols is 1. The molecule has 0 radical (unpaired) electrons. The van der Waals surface area contributed by atoms with E-state index in [0.717, 1.165) is 22.4 Å². The van der Waals surface area contributed by atoms with Gasteiger partial charge >= 0.3 is 0 Å². The van der Waals surface area contributed by atoms with Crippen molar-refractivity contribution in [1.29, 1.82) is 0 Å². The number of nitrogens with zero attached hydrogens (tertiary/aromatic N) is 5. The van der Waals surface area contributed by atoms with Crippen LogP contribution in [0.25, 0.3) is 17.2 Å². The molecule has 0 aliphatic carbocycles. The molecule has 5 rings (SSSR count). The number of amides is 1. The zero-order valence-electron chi connectivity index (χ0n) is 16.5. The minimum Gasteiger partial charge on any atom is -0.508 e. The molecule has 31 heavy (non-hydrogen) atoms. The van der Waals surface area contributed by atoms with Gasteiger partial charge in [-0.1, -0.05) is 35.9 Å². The molecule has 8 nitrogen and oxygen atoms in total. The van der Waals surface area contributed by atoms with Crippen LogP contribution in [0, 0.1) is 6.92 Å². The number of phenolic OH excluding ortho intramolecular Hbond substituents is 1. The van der Waals surface area contributed by atoms with Gasteiger partial charge in [0.15, 0.2) is 0 Å². The molecular weight excluding hydrogens is 416 g/mol. The smallest absolute Gasteiger partial charge is 0.272 e. The summed E-state index contributed by atoms with van der Waals surface area (Å²) in [6.07, 6.45) is 1.85. The Kier molecular flexibility index (Phi) is 4.63. The number of rotatable bonds is 3. The van der Waals surface area contributed by atoms with E-state index in [1.54, 1.807) is 30.5 Å². The second-order valence-electron chi connectivity index (χ2n) is 7.30. The number of carbonyl (C=O) groups is 1. The Labute approximate surface area is 182 Å². The second kappa shape index (κ2) is 7.48. The number of hydrogen-bond donors (Lipinski definition) is 2. The molecule has 0 saturated heterocycles. The molecule has 3 heterocycles. The van der Waals surface area contributed by atoms with Crippen molar-refractivity contribution in [3.8, 4) is 23.0 Å². The normalized spacial score (nSPS) is 15.4. The summed E-state index contributed by atoms with van der Waals surface area (Å²) in [5, 5.41) is 26.0. The fourth-order valence-corrected chi connectivity index (χ4v) is 3.95. The lowest BCUT2D eigenvalue weighted by Gasteiger charge is -2.24. The Morgan fingerprint density at radius 2 is 1.87 bits per heavy atom. The minimum absolute atomic E-state index is 0.131. The molecule has 0 spiro atoms. The summed E-state index contributed by atoms with van der Waals surface area (Å²) in [5.74, 6) is 0.638. The SMILES string of the molecule is Cc1nn(-c2nncc(-c3ccc(Cl)cc3)n2)c2c1[C@H](c1ccc(O)cc1)CC(=O)N2. The van der Waals surface area contributed by atoms with Crippen LogP contribution in [-0.2, 0) is 4.79 Å². The Bertz CT molecular complexity index is 1280. The highest BCUT2D eigenvalue weighted by molar-refractivity contribution is 6.30. The van der Waals surface area contributed by atoms with E-state index < -0.39 is 0 Å². The first-order valence-electron chi connectivity index (χ1n) is 9.64. The number of nitrogens with one attached hydrogen (secondary N) is 1. The predicted octanol–water partition coefficient (Wildman–Crippen LogP) is 3.87. The molecule has 1 aliphatic heterocycles. The lowest BCUT2D eigenvalue weighted by molar-refractivity contribution is -0.116. The van der Waals surface area contributed by atoms with Crippen LogP contribution < -0.4 is 5.32 Å². The highest BCUT2D eigenvalue weighted by Gasteiger charge is 2.33. The number of aromatic hydroxyl groups is 1. The molecule has 0 bridgehead atoms. The zero-order chi connectivity index (χ0) is 21.5. The van der Waals surface area contributed by atoms with Crippen LogP contribution in [-0.4, -0.2) is 36.0 Å². The Morgan fingerprint density at radius 3 is 2.61 bits per heavy atom. The van der Waals surface area contributed by atoms with Gasteiger partial charge in [0.2, 0.25) is 5.91 Å². The van der Waals surface area contributed by atoms with Gasteiger partial charge < -0.3 is 10.4 Å². The molecular formula is C22H17ClN6O2. The number of halogens is 1. The third kappa shape index (κ3) is 3.51. The van der Waals surface area contributed by atoms with Crippen LogP contribution in [0.5, 0.6) is 5.75 Å². The van der Waals surface area contributed by atoms with Gasteiger partial charge in [-0.25, -0.2) is 4.98 Å². The molecule has 4 aromatic rings. The third-order valence-corrected chi connectivity index (χ3v) is 5.53. The van der Waals surface area contributed by atoms with E-state index in [9.17, 15) is 9.90 Å². The van der Waals surface area contributed by atoms with Crippen molar-refractivity contribution in [3.05, 3.63) is 76.6 Å². The standard InChI is InChI=1S/C22H17ClN6O2/c1-12-20-17(13-4-8-16(30)9-5-13)10-19(31)26-21(20)29(28-12)22-25-18(11-24-27-22)14-2-6-15(23)7-3-14/h2-9,11,17,30H,10H2,1H3,(H,26,31)/t17-/m0/s1. The molecule has 154 valence electrons. The average molecular weight is 433 g/mol. The topological polar surface area (TPSA) is 106 Å². The van der Waals surface area contributed by atoms with Crippen LogP contribution in [0.1, 0.15) is 29.2 Å². The van der Waals surface area contributed by atoms with Gasteiger partial charge in [0.25, 0.3) is 5.95 Å². The summed E-state index contributed by atoms with van der Waals surface area (Å²) in [5.41, 5.74) is 4.02. The average Bonchev–Trinajstić information content (AvgIpc) is 3.10. The van der Waals surface area contributed by atoms with E-state index >= 15 is 0 Å². The summed E-state index contributed by atoms with van der Waals surface area (Å²) in [4.78, 5) is 17.1. The van der Waals surface area contributed by atoms with E-state index in [2.05, 4.69) is 25.6 Å². The maximum atomic E-state index is 12.5. The van der Waals surface area contributed by atoms with Crippen molar-refractivity contribution in [2.75, 3.05) is 5.32 Å². The van der Waals surface area contributed by atoms with Crippen molar-refractivity contribution in [2.45, 2.75) is 19.3 Å². The van der Waals surface area contributed by atoms with Crippen LogP contribution in [0.15, 0.2) is 54.7 Å². The number of fused-ring (bicyclic) bond motifs is 1. The molecule has 0 unspecified atom stereocenters. The van der Waals surface area contributed by atoms with E-state index in [0.29, 0.717) is 16.5 Å². The van der Waals surface area contributed by atoms with E-state index in [4.69, 9.17) is 11.6 Å². The van der Waals surface area contributed by atoms with Gasteiger partial charge in [-0.2, -0.15) is 14.9 Å². The van der Waals surface area contributed by atoms with Crippen molar-refractivity contribution < 1.29 is 9.90 Å². The van der Waals surface area contributed by atoms with Gasteiger partial charge in [0.05, 0.1) is 17.6 Å². The van der Waals surface area contributed by atoms with Crippen molar-refractivity contribution in [1.82, 2.24) is 25.0 Å². The Balaban J connectivity index is 1.60. The number of hydrogen-bond acceptors (Lipinski definition) is 6. The van der Waals surface area contributed by atoms with E-state index in [-0.39, 0.29) is 29.9 Å². The van der Waals surface area contributed by atoms with Crippen molar-refractivity contribution in [3.63, 3.8) is 0 Å². The third-order valence-electron chi connectivity index (χ3n) is 5.28. The number of anilines is 1. The quantitative estimate of drug-likeness (QED) is 0.509. The number of aromatic nitrogens is 5. The maximum Gasteiger partial charge on any atom is 0.272 e. The van der Waals surface area contributed by atoms with Crippen LogP contribution in [0.3, 0.4) is 0 Å². The first-order valence-corrected chi connectivity index (χ1v) is 10.0. The zero-order valence-corrected chi connectivity index (χ0v) is 17.2. The molecule has 2 aromatic carbocycles. The molecule has 0 fully saturated rings. The molecule has 2 N–H and O–H groups in total.